The second kappa shape index (κ2) is 7.04. The Hall–Kier alpha value is -1.14. The van der Waals surface area contributed by atoms with E-state index < -0.39 is 15.8 Å². The number of halogens is 1. The van der Waals surface area contributed by atoms with Crippen LogP contribution in [0.15, 0.2) is 23.1 Å². The van der Waals surface area contributed by atoms with Crippen molar-refractivity contribution >= 4 is 15.7 Å². The molecule has 0 atom stereocenters. The minimum absolute atomic E-state index is 0.0831. The molecule has 1 rings (SSSR count). The van der Waals surface area contributed by atoms with E-state index in [0.29, 0.717) is 6.54 Å². The first-order valence-electron chi connectivity index (χ1n) is 6.87. The number of unbranched alkanes of at least 4 members (excludes halogenated alkanes) is 2. The molecular weight excluding hydrogens is 279 g/mol. The van der Waals surface area contributed by atoms with Gasteiger partial charge in [0.1, 0.15) is 5.82 Å². The highest BCUT2D eigenvalue weighted by molar-refractivity contribution is 7.89. The van der Waals surface area contributed by atoms with Gasteiger partial charge in [0.2, 0.25) is 10.0 Å². The van der Waals surface area contributed by atoms with Crippen molar-refractivity contribution in [1.82, 2.24) is 4.31 Å². The van der Waals surface area contributed by atoms with Crippen LogP contribution in [0, 0.1) is 5.82 Å². The highest BCUT2D eigenvalue weighted by atomic mass is 32.2. The molecule has 1 aromatic carbocycles. The molecule has 0 unspecified atom stereocenters. The van der Waals surface area contributed by atoms with Gasteiger partial charge in [0.15, 0.2) is 0 Å². The maximum atomic E-state index is 13.4. The van der Waals surface area contributed by atoms with E-state index in [1.165, 1.54) is 10.4 Å². The largest absolute Gasteiger partial charge is 0.399 e. The molecule has 0 radical (unpaired) electrons. The van der Waals surface area contributed by atoms with Crippen LogP contribution in [0.4, 0.5) is 10.1 Å². The molecular formula is C14H23FN2O2S. The SMILES string of the molecule is CCCCCN(C(C)C)S(=O)(=O)c1cc(N)cc(F)c1. The van der Waals surface area contributed by atoms with Crippen molar-refractivity contribution in [2.24, 2.45) is 0 Å². The molecule has 2 N–H and O–H groups in total. The molecule has 0 amide bonds. The fourth-order valence-corrected chi connectivity index (χ4v) is 3.78. The molecule has 0 saturated carbocycles. The predicted octanol–water partition coefficient (Wildman–Crippen LogP) is 3.00. The quantitative estimate of drug-likeness (QED) is 0.622. The summed E-state index contributed by atoms with van der Waals surface area (Å²) in [4.78, 5) is -0.0831. The van der Waals surface area contributed by atoms with E-state index in [2.05, 4.69) is 6.92 Å². The normalized spacial score (nSPS) is 12.3. The van der Waals surface area contributed by atoms with Crippen LogP contribution in [-0.2, 0) is 10.0 Å². The van der Waals surface area contributed by atoms with Gasteiger partial charge in [-0.3, -0.25) is 0 Å². The summed E-state index contributed by atoms with van der Waals surface area (Å²) >= 11 is 0. The zero-order valence-electron chi connectivity index (χ0n) is 12.3. The van der Waals surface area contributed by atoms with Gasteiger partial charge in [-0.2, -0.15) is 4.31 Å². The molecule has 0 aromatic heterocycles. The first-order chi connectivity index (χ1) is 9.28. The van der Waals surface area contributed by atoms with Gasteiger partial charge >= 0.3 is 0 Å². The van der Waals surface area contributed by atoms with E-state index in [9.17, 15) is 12.8 Å². The first kappa shape index (κ1) is 16.9. The number of anilines is 1. The standard InChI is InChI=1S/C14H23FN2O2S/c1-4-5-6-7-17(11(2)3)20(18,19)14-9-12(15)8-13(16)10-14/h8-11H,4-7,16H2,1-3H3. The van der Waals surface area contributed by atoms with Gasteiger partial charge in [0, 0.05) is 18.3 Å². The molecule has 0 aliphatic carbocycles. The number of benzene rings is 1. The lowest BCUT2D eigenvalue weighted by Crippen LogP contribution is -2.37. The summed E-state index contributed by atoms with van der Waals surface area (Å²) in [7, 11) is -3.71. The fourth-order valence-electron chi connectivity index (χ4n) is 2.04. The molecule has 4 nitrogen and oxygen atoms in total. The average Bonchev–Trinajstić information content (AvgIpc) is 2.32. The lowest BCUT2D eigenvalue weighted by molar-refractivity contribution is 0.345. The van der Waals surface area contributed by atoms with Gasteiger partial charge in [-0.15, -0.1) is 0 Å². The van der Waals surface area contributed by atoms with E-state index in [4.69, 9.17) is 5.73 Å². The molecule has 0 aliphatic heterocycles. The van der Waals surface area contributed by atoms with Gasteiger partial charge < -0.3 is 5.73 Å². The lowest BCUT2D eigenvalue weighted by atomic mass is 10.2. The Kier molecular flexibility index (Phi) is 5.95. The molecule has 0 spiro atoms. The molecule has 1 aromatic rings. The van der Waals surface area contributed by atoms with E-state index in [-0.39, 0.29) is 16.6 Å². The van der Waals surface area contributed by atoms with Crippen LogP contribution in [0.25, 0.3) is 0 Å². The first-order valence-corrected chi connectivity index (χ1v) is 8.31. The van der Waals surface area contributed by atoms with Crippen molar-refractivity contribution in [2.75, 3.05) is 12.3 Å². The van der Waals surface area contributed by atoms with Crippen LogP contribution in [0.2, 0.25) is 0 Å². The van der Waals surface area contributed by atoms with Crippen LogP contribution in [0.3, 0.4) is 0 Å². The third-order valence-corrected chi connectivity index (χ3v) is 5.11. The van der Waals surface area contributed by atoms with Crippen LogP contribution in [0.5, 0.6) is 0 Å². The van der Waals surface area contributed by atoms with Gasteiger partial charge in [0.05, 0.1) is 4.90 Å². The van der Waals surface area contributed by atoms with Crippen molar-refractivity contribution in [3.05, 3.63) is 24.0 Å². The predicted molar refractivity (Wildman–Crippen MR) is 79.4 cm³/mol. The summed E-state index contributed by atoms with van der Waals surface area (Å²) < 4.78 is 39.9. The number of nitrogen functional groups attached to an aromatic ring is 1. The fraction of sp³-hybridized carbons (Fsp3) is 0.571. The van der Waals surface area contributed by atoms with Crippen LogP contribution in [0.1, 0.15) is 40.0 Å². The summed E-state index contributed by atoms with van der Waals surface area (Å²) in [6.45, 7) is 6.12. The van der Waals surface area contributed by atoms with Crippen LogP contribution in [-0.4, -0.2) is 25.3 Å². The number of sulfonamides is 1. The molecule has 0 fully saturated rings. The molecule has 0 bridgehead atoms. The average molecular weight is 302 g/mol. The Morgan fingerprint density at radius 3 is 2.40 bits per heavy atom. The maximum Gasteiger partial charge on any atom is 0.243 e. The van der Waals surface area contributed by atoms with Gasteiger partial charge in [-0.1, -0.05) is 19.8 Å². The van der Waals surface area contributed by atoms with Crippen LogP contribution < -0.4 is 5.73 Å². The summed E-state index contributed by atoms with van der Waals surface area (Å²) in [6.07, 6.45) is 2.77. The Labute approximate surface area is 120 Å². The topological polar surface area (TPSA) is 63.4 Å². The number of hydrogen-bond donors (Lipinski definition) is 1. The second-order valence-electron chi connectivity index (χ2n) is 5.14. The highest BCUT2D eigenvalue weighted by Crippen LogP contribution is 2.22. The number of nitrogens with zero attached hydrogens (tertiary/aromatic N) is 1. The summed E-state index contributed by atoms with van der Waals surface area (Å²) in [5, 5.41) is 0. The Morgan fingerprint density at radius 2 is 1.90 bits per heavy atom. The zero-order chi connectivity index (χ0) is 15.3. The van der Waals surface area contributed by atoms with E-state index in [1.807, 2.05) is 13.8 Å². The molecule has 20 heavy (non-hydrogen) atoms. The number of rotatable bonds is 7. The van der Waals surface area contributed by atoms with E-state index in [0.717, 1.165) is 31.4 Å². The van der Waals surface area contributed by atoms with Gasteiger partial charge in [-0.25, -0.2) is 12.8 Å². The smallest absolute Gasteiger partial charge is 0.243 e. The maximum absolute atomic E-state index is 13.4. The van der Waals surface area contributed by atoms with Crippen molar-refractivity contribution in [3.63, 3.8) is 0 Å². The van der Waals surface area contributed by atoms with E-state index in [1.54, 1.807) is 0 Å². The molecule has 6 heteroatoms. The second-order valence-corrected chi connectivity index (χ2v) is 7.03. The number of hydrogen-bond acceptors (Lipinski definition) is 3. The summed E-state index contributed by atoms with van der Waals surface area (Å²) in [6, 6.07) is 3.24. The summed E-state index contributed by atoms with van der Waals surface area (Å²) in [5.74, 6) is -0.638. The molecule has 0 aliphatic rings. The monoisotopic (exact) mass is 302 g/mol. The molecule has 114 valence electrons. The Morgan fingerprint density at radius 1 is 1.25 bits per heavy atom. The van der Waals surface area contributed by atoms with Crippen molar-refractivity contribution in [3.8, 4) is 0 Å². The van der Waals surface area contributed by atoms with Crippen LogP contribution >= 0.6 is 0 Å². The lowest BCUT2D eigenvalue weighted by Gasteiger charge is -2.26. The third kappa shape index (κ3) is 4.18. The minimum Gasteiger partial charge on any atom is -0.399 e. The van der Waals surface area contributed by atoms with E-state index >= 15 is 0 Å². The van der Waals surface area contributed by atoms with Crippen molar-refractivity contribution < 1.29 is 12.8 Å². The van der Waals surface area contributed by atoms with Crippen molar-refractivity contribution in [2.45, 2.75) is 51.0 Å². The Bertz CT molecular complexity index is 524. The van der Waals surface area contributed by atoms with Crippen molar-refractivity contribution in [1.29, 1.82) is 0 Å². The minimum atomic E-state index is -3.71. The number of nitrogens with two attached hydrogens (primary N) is 1. The molecule has 0 saturated heterocycles. The Balaban J connectivity index is 3.09. The molecule has 0 heterocycles. The van der Waals surface area contributed by atoms with Gasteiger partial charge in [0.25, 0.3) is 0 Å². The summed E-state index contributed by atoms with van der Waals surface area (Å²) in [5.41, 5.74) is 5.64. The van der Waals surface area contributed by atoms with Gasteiger partial charge in [-0.05, 0) is 38.5 Å². The third-order valence-electron chi connectivity index (χ3n) is 3.06. The highest BCUT2D eigenvalue weighted by Gasteiger charge is 2.27. The zero-order valence-corrected chi connectivity index (χ0v) is 13.1.